The van der Waals surface area contributed by atoms with Crippen molar-refractivity contribution in [3.05, 3.63) is 0 Å². The fourth-order valence-electron chi connectivity index (χ4n) is 1.03. The molecule has 0 aromatic rings. The molecule has 0 aromatic heterocycles. The normalized spacial score (nSPS) is 32.3. The first kappa shape index (κ1) is 8.68. The fourth-order valence-corrected chi connectivity index (χ4v) is 1.03. The van der Waals surface area contributed by atoms with Gasteiger partial charge < -0.3 is 14.3 Å². The SMILES string of the molecule is CC(C)[C@@H]1OCC[C@H](C=O)O1. The Bertz CT molecular complexity index is 133. The van der Waals surface area contributed by atoms with Gasteiger partial charge >= 0.3 is 0 Å². The van der Waals surface area contributed by atoms with Crippen LogP contribution in [-0.4, -0.2) is 25.3 Å². The Hall–Kier alpha value is -0.410. The van der Waals surface area contributed by atoms with Crippen molar-refractivity contribution >= 4 is 6.29 Å². The third-order valence-electron chi connectivity index (χ3n) is 1.69. The lowest BCUT2D eigenvalue weighted by atomic mass is 10.2. The topological polar surface area (TPSA) is 35.5 Å². The fraction of sp³-hybridized carbons (Fsp3) is 0.875. The first-order chi connectivity index (χ1) is 5.24. The van der Waals surface area contributed by atoms with E-state index in [9.17, 15) is 4.79 Å². The van der Waals surface area contributed by atoms with Crippen LogP contribution in [0.2, 0.25) is 0 Å². The minimum absolute atomic E-state index is 0.195. The van der Waals surface area contributed by atoms with Crippen LogP contribution >= 0.6 is 0 Å². The molecule has 3 nitrogen and oxygen atoms in total. The molecule has 1 rings (SSSR count). The molecule has 0 bridgehead atoms. The number of rotatable bonds is 2. The van der Waals surface area contributed by atoms with Crippen LogP contribution in [0.15, 0.2) is 0 Å². The second kappa shape index (κ2) is 3.83. The van der Waals surface area contributed by atoms with Crippen LogP contribution in [0.3, 0.4) is 0 Å². The van der Waals surface area contributed by atoms with Crippen LogP contribution < -0.4 is 0 Å². The van der Waals surface area contributed by atoms with Crippen LogP contribution in [0.1, 0.15) is 20.3 Å². The lowest BCUT2D eigenvalue weighted by Gasteiger charge is -2.29. The molecular weight excluding hydrogens is 144 g/mol. The zero-order chi connectivity index (χ0) is 8.27. The molecule has 3 heteroatoms. The van der Waals surface area contributed by atoms with Crippen LogP contribution in [-0.2, 0) is 14.3 Å². The summed E-state index contributed by atoms with van der Waals surface area (Å²) >= 11 is 0. The predicted octanol–water partition coefficient (Wildman–Crippen LogP) is 0.973. The smallest absolute Gasteiger partial charge is 0.160 e. The Morgan fingerprint density at radius 2 is 2.27 bits per heavy atom. The molecule has 0 amide bonds. The summed E-state index contributed by atoms with van der Waals surface area (Å²) in [5.41, 5.74) is 0. The van der Waals surface area contributed by atoms with Gasteiger partial charge in [0.2, 0.25) is 0 Å². The summed E-state index contributed by atoms with van der Waals surface area (Å²) in [5, 5.41) is 0. The van der Waals surface area contributed by atoms with Gasteiger partial charge in [0.25, 0.3) is 0 Å². The number of hydrogen-bond acceptors (Lipinski definition) is 3. The zero-order valence-corrected chi connectivity index (χ0v) is 6.95. The molecule has 0 unspecified atom stereocenters. The van der Waals surface area contributed by atoms with Crippen molar-refractivity contribution in [3.8, 4) is 0 Å². The van der Waals surface area contributed by atoms with Crippen molar-refractivity contribution in [2.45, 2.75) is 32.7 Å². The zero-order valence-electron chi connectivity index (χ0n) is 6.95. The maximum Gasteiger partial charge on any atom is 0.160 e. The van der Waals surface area contributed by atoms with Crippen LogP contribution in [0, 0.1) is 5.92 Å². The highest BCUT2D eigenvalue weighted by Crippen LogP contribution is 2.16. The van der Waals surface area contributed by atoms with Crippen molar-refractivity contribution in [1.29, 1.82) is 0 Å². The minimum Gasteiger partial charge on any atom is -0.352 e. The van der Waals surface area contributed by atoms with Crippen LogP contribution in [0.4, 0.5) is 0 Å². The first-order valence-corrected chi connectivity index (χ1v) is 3.96. The Kier molecular flexibility index (Phi) is 3.02. The van der Waals surface area contributed by atoms with Crippen molar-refractivity contribution in [3.63, 3.8) is 0 Å². The maximum absolute atomic E-state index is 10.3. The van der Waals surface area contributed by atoms with E-state index in [0.29, 0.717) is 18.9 Å². The van der Waals surface area contributed by atoms with Crippen molar-refractivity contribution < 1.29 is 14.3 Å². The van der Waals surface area contributed by atoms with Gasteiger partial charge in [-0.05, 0) is 0 Å². The van der Waals surface area contributed by atoms with Crippen LogP contribution in [0.5, 0.6) is 0 Å². The highest BCUT2D eigenvalue weighted by Gasteiger charge is 2.24. The van der Waals surface area contributed by atoms with Gasteiger partial charge in [-0.1, -0.05) is 13.8 Å². The quantitative estimate of drug-likeness (QED) is 0.562. The second-order valence-corrected chi connectivity index (χ2v) is 3.08. The largest absolute Gasteiger partial charge is 0.352 e. The summed E-state index contributed by atoms with van der Waals surface area (Å²) in [5.74, 6) is 0.317. The Balaban J connectivity index is 2.39. The summed E-state index contributed by atoms with van der Waals surface area (Å²) in [7, 11) is 0. The van der Waals surface area contributed by atoms with Gasteiger partial charge in [0.05, 0.1) is 6.61 Å². The maximum atomic E-state index is 10.3. The number of carbonyl (C=O) groups excluding carboxylic acids is 1. The van der Waals surface area contributed by atoms with Crippen molar-refractivity contribution in [1.82, 2.24) is 0 Å². The third-order valence-corrected chi connectivity index (χ3v) is 1.69. The van der Waals surface area contributed by atoms with E-state index in [0.717, 1.165) is 6.29 Å². The van der Waals surface area contributed by atoms with Crippen LogP contribution in [0.25, 0.3) is 0 Å². The molecule has 1 aliphatic heterocycles. The Morgan fingerprint density at radius 3 is 2.82 bits per heavy atom. The van der Waals surface area contributed by atoms with E-state index in [2.05, 4.69) is 0 Å². The molecule has 64 valence electrons. The molecule has 0 radical (unpaired) electrons. The highest BCUT2D eigenvalue weighted by atomic mass is 16.7. The Morgan fingerprint density at radius 1 is 1.55 bits per heavy atom. The number of hydrogen-bond donors (Lipinski definition) is 0. The van der Waals surface area contributed by atoms with E-state index in [-0.39, 0.29) is 12.4 Å². The van der Waals surface area contributed by atoms with E-state index in [1.165, 1.54) is 0 Å². The average Bonchev–Trinajstić information content (AvgIpc) is 2.05. The third kappa shape index (κ3) is 2.27. The average molecular weight is 158 g/mol. The van der Waals surface area contributed by atoms with Gasteiger partial charge in [-0.2, -0.15) is 0 Å². The standard InChI is InChI=1S/C8H14O3/c1-6(2)8-10-4-3-7(5-9)11-8/h5-8H,3-4H2,1-2H3/t7-,8-/m1/s1. The molecule has 11 heavy (non-hydrogen) atoms. The summed E-state index contributed by atoms with van der Waals surface area (Å²) in [4.78, 5) is 10.3. The summed E-state index contributed by atoms with van der Waals surface area (Å²) in [6.45, 7) is 4.65. The van der Waals surface area contributed by atoms with Crippen molar-refractivity contribution in [2.75, 3.05) is 6.61 Å². The molecule has 0 aromatic carbocycles. The molecule has 1 aliphatic rings. The molecule has 1 saturated heterocycles. The van der Waals surface area contributed by atoms with Gasteiger partial charge in [-0.15, -0.1) is 0 Å². The summed E-state index contributed by atoms with van der Waals surface area (Å²) in [6.07, 6.45) is 1.08. The van der Waals surface area contributed by atoms with Crippen molar-refractivity contribution in [2.24, 2.45) is 5.92 Å². The first-order valence-electron chi connectivity index (χ1n) is 3.96. The molecular formula is C8H14O3. The van der Waals surface area contributed by atoms with E-state index in [4.69, 9.17) is 9.47 Å². The van der Waals surface area contributed by atoms with E-state index in [1.807, 2.05) is 13.8 Å². The molecule has 0 N–H and O–H groups in total. The molecule has 1 fully saturated rings. The van der Waals surface area contributed by atoms with E-state index in [1.54, 1.807) is 0 Å². The highest BCUT2D eigenvalue weighted by molar-refractivity contribution is 5.55. The number of carbonyl (C=O) groups is 1. The molecule has 1 heterocycles. The van der Waals surface area contributed by atoms with Gasteiger partial charge in [-0.25, -0.2) is 0 Å². The van der Waals surface area contributed by atoms with Gasteiger partial charge in [-0.3, -0.25) is 0 Å². The van der Waals surface area contributed by atoms with Gasteiger partial charge in [0, 0.05) is 12.3 Å². The summed E-state index contributed by atoms with van der Waals surface area (Å²) in [6, 6.07) is 0. The van der Waals surface area contributed by atoms with Gasteiger partial charge in [0.15, 0.2) is 6.29 Å². The molecule has 0 aliphatic carbocycles. The number of ether oxygens (including phenoxy) is 2. The monoisotopic (exact) mass is 158 g/mol. The Labute approximate surface area is 66.7 Å². The van der Waals surface area contributed by atoms with E-state index < -0.39 is 0 Å². The molecule has 2 atom stereocenters. The molecule has 0 spiro atoms. The van der Waals surface area contributed by atoms with E-state index >= 15 is 0 Å². The molecule has 0 saturated carbocycles. The van der Waals surface area contributed by atoms with Gasteiger partial charge in [0.1, 0.15) is 12.4 Å². The number of aldehydes is 1. The lowest BCUT2D eigenvalue weighted by Crippen LogP contribution is -2.36. The minimum atomic E-state index is -0.254. The summed E-state index contributed by atoms with van der Waals surface area (Å²) < 4.78 is 10.6. The predicted molar refractivity (Wildman–Crippen MR) is 40.1 cm³/mol. The second-order valence-electron chi connectivity index (χ2n) is 3.08. The lowest BCUT2D eigenvalue weighted by molar-refractivity contribution is -0.223.